The summed E-state index contributed by atoms with van der Waals surface area (Å²) < 4.78 is 0. The number of hydrogen-bond donors (Lipinski definition) is 1. The molecule has 2 N–H and O–H groups in total. The summed E-state index contributed by atoms with van der Waals surface area (Å²) in [7, 11) is 0. The Kier molecular flexibility index (Phi) is 8.59. The van der Waals surface area contributed by atoms with Crippen LogP contribution in [0.2, 0.25) is 0 Å². The molecule has 0 unspecified atom stereocenters. The van der Waals surface area contributed by atoms with E-state index in [0.29, 0.717) is 18.2 Å². The molecule has 0 spiro atoms. The molecule has 2 amide bonds. The summed E-state index contributed by atoms with van der Waals surface area (Å²) in [5, 5.41) is 4.19. The van der Waals surface area contributed by atoms with Crippen LogP contribution in [0, 0.1) is 0 Å². The lowest BCUT2D eigenvalue weighted by Crippen LogP contribution is -2.48. The Morgan fingerprint density at radius 1 is 1.31 bits per heavy atom. The van der Waals surface area contributed by atoms with Crippen LogP contribution >= 0.6 is 11.3 Å². The Morgan fingerprint density at radius 2 is 2.06 bits per heavy atom. The zero-order valence-electron chi connectivity index (χ0n) is 19.3. The van der Waals surface area contributed by atoms with Crippen molar-refractivity contribution >= 4 is 23.2 Å². The summed E-state index contributed by atoms with van der Waals surface area (Å²) in [6.45, 7) is 8.75. The van der Waals surface area contributed by atoms with Crippen molar-refractivity contribution in [3.63, 3.8) is 0 Å². The third-order valence-electron chi connectivity index (χ3n) is 6.15. The summed E-state index contributed by atoms with van der Waals surface area (Å²) in [5.74, 6) is -0.315. The van der Waals surface area contributed by atoms with Crippen LogP contribution in [0.3, 0.4) is 0 Å². The molecule has 1 saturated heterocycles. The number of aromatic nitrogens is 1. The minimum Gasteiger partial charge on any atom is -0.366 e. The summed E-state index contributed by atoms with van der Waals surface area (Å²) in [4.78, 5) is 33.5. The lowest BCUT2D eigenvalue weighted by molar-refractivity contribution is -0.130. The molecule has 0 aliphatic carbocycles. The second-order valence-electron chi connectivity index (χ2n) is 8.84. The molecular formula is C25H34N4O2S. The van der Waals surface area contributed by atoms with Gasteiger partial charge >= 0.3 is 0 Å². The number of piperidine rings is 1. The maximum atomic E-state index is 12.9. The van der Waals surface area contributed by atoms with Gasteiger partial charge < -0.3 is 15.5 Å². The van der Waals surface area contributed by atoms with Crippen LogP contribution in [0.1, 0.15) is 61.6 Å². The van der Waals surface area contributed by atoms with Gasteiger partial charge in [0.25, 0.3) is 5.91 Å². The first-order valence-corrected chi connectivity index (χ1v) is 12.2. The molecule has 6 nitrogen and oxygen atoms in total. The molecule has 7 heteroatoms. The summed E-state index contributed by atoms with van der Waals surface area (Å²) in [6, 6.07) is 6.21. The highest BCUT2D eigenvalue weighted by atomic mass is 32.1. The van der Waals surface area contributed by atoms with E-state index >= 15 is 0 Å². The van der Waals surface area contributed by atoms with Gasteiger partial charge in [0.05, 0.1) is 11.3 Å². The molecule has 0 saturated carbocycles. The molecule has 1 atom stereocenters. The molecule has 0 radical (unpaired) electrons. The number of nitrogens with zero attached hydrogens (tertiary/aromatic N) is 3. The van der Waals surface area contributed by atoms with Gasteiger partial charge in [-0.15, -0.1) is 0 Å². The number of amides is 2. The van der Waals surface area contributed by atoms with Gasteiger partial charge in [0.2, 0.25) is 5.91 Å². The number of pyridine rings is 1. The Labute approximate surface area is 195 Å². The topological polar surface area (TPSA) is 79.5 Å². The third kappa shape index (κ3) is 6.50. The SMILES string of the molecule is CC(C)=CC(=O)N(Cc1ccsc1)C1CCN([C@H](C)CCc2ncccc2C(N)=O)CC1. The van der Waals surface area contributed by atoms with E-state index in [9.17, 15) is 9.59 Å². The van der Waals surface area contributed by atoms with Crippen molar-refractivity contribution in [2.75, 3.05) is 13.1 Å². The predicted octanol–water partition coefficient (Wildman–Crippen LogP) is 4.02. The first kappa shape index (κ1) is 24.1. The van der Waals surface area contributed by atoms with E-state index in [4.69, 9.17) is 5.73 Å². The molecule has 3 rings (SSSR count). The lowest BCUT2D eigenvalue weighted by atomic mass is 9.98. The average molecular weight is 455 g/mol. The molecule has 32 heavy (non-hydrogen) atoms. The van der Waals surface area contributed by atoms with Crippen molar-refractivity contribution in [3.05, 3.63) is 63.6 Å². The number of nitrogens with two attached hydrogens (primary N) is 1. The van der Waals surface area contributed by atoms with Crippen molar-refractivity contribution in [2.45, 2.75) is 65.1 Å². The van der Waals surface area contributed by atoms with E-state index in [2.05, 4.69) is 33.6 Å². The summed E-state index contributed by atoms with van der Waals surface area (Å²) >= 11 is 1.67. The Hall–Kier alpha value is -2.51. The minimum atomic E-state index is -0.423. The fourth-order valence-corrected chi connectivity index (χ4v) is 4.98. The number of aryl methyl sites for hydroxylation is 1. The van der Waals surface area contributed by atoms with Gasteiger partial charge in [-0.25, -0.2) is 0 Å². The van der Waals surface area contributed by atoms with Gasteiger partial charge in [-0.05, 0) is 81.0 Å². The zero-order chi connectivity index (χ0) is 23.1. The van der Waals surface area contributed by atoms with Gasteiger partial charge in [0.1, 0.15) is 0 Å². The van der Waals surface area contributed by atoms with Gasteiger partial charge in [0.15, 0.2) is 0 Å². The molecular weight excluding hydrogens is 420 g/mol. The lowest BCUT2D eigenvalue weighted by Gasteiger charge is -2.40. The average Bonchev–Trinajstić information content (AvgIpc) is 3.29. The fourth-order valence-electron chi connectivity index (χ4n) is 4.32. The van der Waals surface area contributed by atoms with Crippen LogP contribution in [0.15, 0.2) is 46.8 Å². The van der Waals surface area contributed by atoms with Gasteiger partial charge in [-0.2, -0.15) is 11.3 Å². The number of rotatable bonds is 9. The molecule has 2 aromatic heterocycles. The molecule has 0 bridgehead atoms. The highest BCUT2D eigenvalue weighted by molar-refractivity contribution is 7.07. The summed E-state index contributed by atoms with van der Waals surface area (Å²) in [5.41, 5.74) is 9.00. The standard InChI is InChI=1S/C25H34N4O2S/c1-18(2)15-24(30)29(16-20-10-14-32-17-20)21-8-12-28(13-9-21)19(3)6-7-23-22(25(26)31)5-4-11-27-23/h4-5,10-11,14-15,17,19,21H,6-9,12-13,16H2,1-3H3,(H2,26,31)/t19-/m1/s1. The second-order valence-corrected chi connectivity index (χ2v) is 9.62. The quantitative estimate of drug-likeness (QED) is 0.581. The minimum absolute atomic E-state index is 0.108. The fraction of sp³-hybridized carbons (Fsp3) is 0.480. The van der Waals surface area contributed by atoms with Crippen molar-refractivity contribution in [1.82, 2.24) is 14.8 Å². The molecule has 3 heterocycles. The van der Waals surface area contributed by atoms with E-state index in [-0.39, 0.29) is 11.9 Å². The predicted molar refractivity (Wildman–Crippen MR) is 129 cm³/mol. The van der Waals surface area contributed by atoms with E-state index < -0.39 is 5.91 Å². The smallest absolute Gasteiger partial charge is 0.250 e. The highest BCUT2D eigenvalue weighted by Crippen LogP contribution is 2.23. The largest absolute Gasteiger partial charge is 0.366 e. The van der Waals surface area contributed by atoms with Crippen LogP contribution in [0.25, 0.3) is 0 Å². The number of thiophene rings is 1. The van der Waals surface area contributed by atoms with Crippen molar-refractivity contribution in [3.8, 4) is 0 Å². The number of carbonyl (C=O) groups excluding carboxylic acids is 2. The van der Waals surface area contributed by atoms with Crippen molar-refractivity contribution in [2.24, 2.45) is 5.73 Å². The Balaban J connectivity index is 1.58. The van der Waals surface area contributed by atoms with Crippen LogP contribution in [-0.2, 0) is 17.8 Å². The maximum Gasteiger partial charge on any atom is 0.250 e. The van der Waals surface area contributed by atoms with Crippen LogP contribution in [-0.4, -0.2) is 51.8 Å². The van der Waals surface area contributed by atoms with E-state index in [1.165, 1.54) is 5.56 Å². The monoisotopic (exact) mass is 454 g/mol. The van der Waals surface area contributed by atoms with Crippen molar-refractivity contribution < 1.29 is 9.59 Å². The van der Waals surface area contributed by atoms with Gasteiger partial charge in [-0.3, -0.25) is 14.6 Å². The summed E-state index contributed by atoms with van der Waals surface area (Å²) in [6.07, 6.45) is 7.04. The molecule has 0 aromatic carbocycles. The van der Waals surface area contributed by atoms with Gasteiger partial charge in [-0.1, -0.05) is 5.57 Å². The van der Waals surface area contributed by atoms with Crippen LogP contribution in [0.4, 0.5) is 0 Å². The number of allylic oxidation sites excluding steroid dienone is 1. The zero-order valence-corrected chi connectivity index (χ0v) is 20.1. The molecule has 1 fully saturated rings. The number of likely N-dealkylation sites (tertiary alicyclic amines) is 1. The number of primary amides is 1. The molecule has 1 aliphatic heterocycles. The Bertz CT molecular complexity index is 929. The molecule has 1 aliphatic rings. The normalized spacial score (nSPS) is 15.8. The van der Waals surface area contributed by atoms with Crippen molar-refractivity contribution in [1.29, 1.82) is 0 Å². The first-order valence-electron chi connectivity index (χ1n) is 11.3. The van der Waals surface area contributed by atoms with E-state index in [0.717, 1.165) is 50.0 Å². The molecule has 2 aromatic rings. The van der Waals surface area contributed by atoms with Gasteiger partial charge in [0, 0.05) is 44.0 Å². The highest BCUT2D eigenvalue weighted by Gasteiger charge is 2.29. The second kappa shape index (κ2) is 11.4. The first-order chi connectivity index (χ1) is 15.3. The molecule has 172 valence electrons. The number of carbonyl (C=O) groups is 2. The van der Waals surface area contributed by atoms with E-state index in [1.807, 2.05) is 18.7 Å². The maximum absolute atomic E-state index is 12.9. The Morgan fingerprint density at radius 3 is 2.69 bits per heavy atom. The van der Waals surface area contributed by atoms with E-state index in [1.54, 1.807) is 35.7 Å². The number of hydrogen-bond acceptors (Lipinski definition) is 5. The van der Waals surface area contributed by atoms with Crippen LogP contribution in [0.5, 0.6) is 0 Å². The third-order valence-corrected chi connectivity index (χ3v) is 6.88. The van der Waals surface area contributed by atoms with Crippen LogP contribution < -0.4 is 5.73 Å².